The van der Waals surface area contributed by atoms with Crippen LogP contribution in [0.5, 0.6) is 0 Å². The molecule has 3 N–H and O–H groups in total. The molecule has 0 radical (unpaired) electrons. The van der Waals surface area contributed by atoms with Gasteiger partial charge in [0.1, 0.15) is 0 Å². The van der Waals surface area contributed by atoms with Crippen molar-refractivity contribution in [3.63, 3.8) is 0 Å². The van der Waals surface area contributed by atoms with Crippen LogP contribution in [0.1, 0.15) is 25.3 Å². The molecule has 19 heavy (non-hydrogen) atoms. The molecule has 0 aliphatic heterocycles. The zero-order valence-electron chi connectivity index (χ0n) is 11.1. The van der Waals surface area contributed by atoms with Gasteiger partial charge in [-0.2, -0.15) is 0 Å². The Kier molecular flexibility index (Phi) is 6.60. The minimum Gasteiger partial charge on any atom is -0.481 e. The summed E-state index contributed by atoms with van der Waals surface area (Å²) >= 11 is 0. The van der Waals surface area contributed by atoms with Crippen molar-refractivity contribution in [2.24, 2.45) is 0 Å². The molecule has 0 saturated carbocycles. The van der Waals surface area contributed by atoms with Crippen LogP contribution in [-0.2, 0) is 16.0 Å². The molecule has 0 bridgehead atoms. The van der Waals surface area contributed by atoms with Gasteiger partial charge in [0.15, 0.2) is 0 Å². The van der Waals surface area contributed by atoms with Crippen LogP contribution >= 0.6 is 0 Å². The van der Waals surface area contributed by atoms with Crippen LogP contribution in [0, 0.1) is 0 Å². The van der Waals surface area contributed by atoms with Crippen molar-refractivity contribution < 1.29 is 14.7 Å². The molecule has 0 aromatic heterocycles. The molecule has 5 nitrogen and oxygen atoms in total. The normalized spacial score (nSPS) is 10.2. The standard InChI is InChI=1S/C14H20N2O3/c1-2-8-15-10-13(17)16-12-5-3-4-11(9-12)6-7-14(18)19/h3-5,9,15H,2,6-8,10H2,1H3,(H,16,17)(H,18,19). The Morgan fingerprint density at radius 3 is 2.79 bits per heavy atom. The number of amides is 1. The Morgan fingerprint density at radius 2 is 2.11 bits per heavy atom. The van der Waals surface area contributed by atoms with Gasteiger partial charge in [-0.15, -0.1) is 0 Å². The van der Waals surface area contributed by atoms with Gasteiger partial charge in [-0.1, -0.05) is 19.1 Å². The summed E-state index contributed by atoms with van der Waals surface area (Å²) in [5.74, 6) is -0.915. The Labute approximate surface area is 113 Å². The fourth-order valence-electron chi connectivity index (χ4n) is 1.64. The van der Waals surface area contributed by atoms with E-state index in [4.69, 9.17) is 5.11 Å². The van der Waals surface area contributed by atoms with Crippen LogP contribution in [-0.4, -0.2) is 30.1 Å². The van der Waals surface area contributed by atoms with E-state index in [9.17, 15) is 9.59 Å². The summed E-state index contributed by atoms with van der Waals surface area (Å²) < 4.78 is 0. The summed E-state index contributed by atoms with van der Waals surface area (Å²) in [7, 11) is 0. The number of aliphatic carboxylic acids is 1. The second-order valence-electron chi connectivity index (χ2n) is 4.32. The number of carbonyl (C=O) groups excluding carboxylic acids is 1. The van der Waals surface area contributed by atoms with E-state index < -0.39 is 5.97 Å². The van der Waals surface area contributed by atoms with Gasteiger partial charge >= 0.3 is 5.97 Å². The van der Waals surface area contributed by atoms with Gasteiger partial charge in [-0.25, -0.2) is 0 Å². The van der Waals surface area contributed by atoms with E-state index in [1.165, 1.54) is 0 Å². The van der Waals surface area contributed by atoms with E-state index >= 15 is 0 Å². The van der Waals surface area contributed by atoms with Crippen molar-refractivity contribution in [3.05, 3.63) is 29.8 Å². The summed E-state index contributed by atoms with van der Waals surface area (Å²) in [5.41, 5.74) is 1.60. The molecule has 0 aliphatic carbocycles. The van der Waals surface area contributed by atoms with Crippen LogP contribution in [0.3, 0.4) is 0 Å². The highest BCUT2D eigenvalue weighted by molar-refractivity contribution is 5.92. The molecule has 1 aromatic carbocycles. The predicted octanol–water partition coefficient (Wildman–Crippen LogP) is 1.64. The monoisotopic (exact) mass is 264 g/mol. The lowest BCUT2D eigenvalue weighted by Gasteiger charge is -2.07. The highest BCUT2D eigenvalue weighted by Gasteiger charge is 2.03. The number of hydrogen-bond acceptors (Lipinski definition) is 3. The summed E-state index contributed by atoms with van der Waals surface area (Å²) in [6.45, 7) is 3.14. The van der Waals surface area contributed by atoms with Crippen molar-refractivity contribution in [1.82, 2.24) is 5.32 Å². The number of carboxylic acid groups (broad SMARTS) is 1. The Morgan fingerprint density at radius 1 is 1.32 bits per heavy atom. The van der Waals surface area contributed by atoms with Gasteiger partial charge in [-0.3, -0.25) is 9.59 Å². The summed E-state index contributed by atoms with van der Waals surface area (Å²) in [6, 6.07) is 7.27. The van der Waals surface area contributed by atoms with Gasteiger partial charge in [-0.05, 0) is 37.1 Å². The maximum Gasteiger partial charge on any atom is 0.303 e. The molecular formula is C14H20N2O3. The van der Waals surface area contributed by atoms with Crippen LogP contribution in [0.25, 0.3) is 0 Å². The molecule has 0 atom stereocenters. The van der Waals surface area contributed by atoms with Gasteiger partial charge in [0.05, 0.1) is 6.54 Å². The smallest absolute Gasteiger partial charge is 0.303 e. The molecule has 0 aliphatic rings. The molecule has 0 saturated heterocycles. The third-order valence-corrected chi connectivity index (χ3v) is 2.55. The first-order valence-electron chi connectivity index (χ1n) is 6.43. The largest absolute Gasteiger partial charge is 0.481 e. The Hall–Kier alpha value is -1.88. The van der Waals surface area contributed by atoms with Gasteiger partial charge in [0, 0.05) is 12.1 Å². The fourth-order valence-corrected chi connectivity index (χ4v) is 1.64. The first-order valence-corrected chi connectivity index (χ1v) is 6.43. The van der Waals surface area contributed by atoms with Crippen molar-refractivity contribution in [2.75, 3.05) is 18.4 Å². The first kappa shape index (κ1) is 15.2. The minimum atomic E-state index is -0.821. The molecule has 1 aromatic rings. The molecule has 0 unspecified atom stereocenters. The number of aryl methyl sites for hydroxylation is 1. The van der Waals surface area contributed by atoms with Gasteiger partial charge in [0.2, 0.25) is 5.91 Å². The van der Waals surface area contributed by atoms with Crippen LogP contribution in [0.2, 0.25) is 0 Å². The zero-order chi connectivity index (χ0) is 14.1. The van der Waals surface area contributed by atoms with Crippen molar-refractivity contribution in [1.29, 1.82) is 0 Å². The number of carboxylic acids is 1. The van der Waals surface area contributed by atoms with E-state index in [0.29, 0.717) is 12.1 Å². The second-order valence-corrected chi connectivity index (χ2v) is 4.32. The van der Waals surface area contributed by atoms with Crippen molar-refractivity contribution in [3.8, 4) is 0 Å². The summed E-state index contributed by atoms with van der Waals surface area (Å²) in [5, 5.41) is 14.4. The van der Waals surface area contributed by atoms with Gasteiger partial charge in [0.25, 0.3) is 0 Å². The molecule has 104 valence electrons. The predicted molar refractivity (Wildman–Crippen MR) is 74.2 cm³/mol. The summed E-state index contributed by atoms with van der Waals surface area (Å²) in [6.07, 6.45) is 1.54. The number of rotatable bonds is 8. The average molecular weight is 264 g/mol. The topological polar surface area (TPSA) is 78.4 Å². The SMILES string of the molecule is CCCNCC(=O)Nc1cccc(CCC(=O)O)c1. The third-order valence-electron chi connectivity index (χ3n) is 2.55. The quantitative estimate of drug-likeness (QED) is 0.624. The molecule has 1 rings (SSSR count). The molecule has 0 fully saturated rings. The molecule has 1 amide bonds. The lowest BCUT2D eigenvalue weighted by molar-refractivity contribution is -0.137. The minimum absolute atomic E-state index is 0.0927. The maximum atomic E-state index is 11.6. The average Bonchev–Trinajstić information content (AvgIpc) is 2.37. The molecule has 5 heteroatoms. The van der Waals surface area contributed by atoms with Crippen molar-refractivity contribution >= 4 is 17.6 Å². The highest BCUT2D eigenvalue weighted by Crippen LogP contribution is 2.12. The highest BCUT2D eigenvalue weighted by atomic mass is 16.4. The Balaban J connectivity index is 2.47. The lowest BCUT2D eigenvalue weighted by atomic mass is 10.1. The number of benzene rings is 1. The van der Waals surface area contributed by atoms with Crippen LogP contribution in [0.4, 0.5) is 5.69 Å². The molecule has 0 heterocycles. The van der Waals surface area contributed by atoms with Gasteiger partial charge < -0.3 is 15.7 Å². The third kappa shape index (κ3) is 6.57. The molecular weight excluding hydrogens is 244 g/mol. The van der Waals surface area contributed by atoms with Crippen LogP contribution < -0.4 is 10.6 Å². The number of carbonyl (C=O) groups is 2. The Bertz CT molecular complexity index is 432. The fraction of sp³-hybridized carbons (Fsp3) is 0.429. The second kappa shape index (κ2) is 8.26. The number of anilines is 1. The van der Waals surface area contributed by atoms with Crippen molar-refractivity contribution in [2.45, 2.75) is 26.2 Å². The van der Waals surface area contributed by atoms with E-state index in [1.54, 1.807) is 12.1 Å². The molecule has 0 spiro atoms. The van der Waals surface area contributed by atoms with E-state index in [1.807, 2.05) is 19.1 Å². The number of nitrogens with one attached hydrogen (secondary N) is 2. The lowest BCUT2D eigenvalue weighted by Crippen LogP contribution is -2.28. The van der Waals surface area contributed by atoms with Crippen LogP contribution in [0.15, 0.2) is 24.3 Å². The zero-order valence-corrected chi connectivity index (χ0v) is 11.1. The van der Waals surface area contributed by atoms with E-state index in [2.05, 4.69) is 10.6 Å². The van der Waals surface area contributed by atoms with E-state index in [-0.39, 0.29) is 18.9 Å². The number of hydrogen-bond donors (Lipinski definition) is 3. The first-order chi connectivity index (χ1) is 9.11. The van der Waals surface area contributed by atoms with E-state index in [0.717, 1.165) is 18.5 Å². The maximum absolute atomic E-state index is 11.6. The summed E-state index contributed by atoms with van der Waals surface area (Å²) in [4.78, 5) is 22.1.